The van der Waals surface area contributed by atoms with Gasteiger partial charge in [-0.15, -0.1) is 0 Å². The van der Waals surface area contributed by atoms with Gasteiger partial charge in [-0.05, 0) is 67.9 Å². The molecule has 0 bridgehead atoms. The summed E-state index contributed by atoms with van der Waals surface area (Å²) in [4.78, 5) is 11.7. The summed E-state index contributed by atoms with van der Waals surface area (Å²) >= 11 is 12.6. The minimum atomic E-state index is -0.956. The summed E-state index contributed by atoms with van der Waals surface area (Å²) in [7, 11) is 0. The fourth-order valence-corrected chi connectivity index (χ4v) is 4.03. The minimum absolute atomic E-state index is 0.267. The van der Waals surface area contributed by atoms with Crippen molar-refractivity contribution in [2.75, 3.05) is 0 Å². The van der Waals surface area contributed by atoms with Crippen molar-refractivity contribution in [3.63, 3.8) is 0 Å². The SMILES string of the molecule is Cc1ccc(-n2c(C)ccc2-c2cc(Cl)ccc2OCc2ccccc2Cl)cc1C(=O)O. The van der Waals surface area contributed by atoms with E-state index in [9.17, 15) is 9.90 Å². The van der Waals surface area contributed by atoms with E-state index in [4.69, 9.17) is 27.9 Å². The van der Waals surface area contributed by atoms with E-state index in [-0.39, 0.29) is 5.56 Å². The van der Waals surface area contributed by atoms with E-state index in [0.717, 1.165) is 28.2 Å². The van der Waals surface area contributed by atoms with Crippen molar-refractivity contribution in [2.45, 2.75) is 20.5 Å². The molecule has 0 radical (unpaired) electrons. The normalized spacial score (nSPS) is 10.9. The van der Waals surface area contributed by atoms with Gasteiger partial charge in [0.2, 0.25) is 0 Å². The zero-order valence-electron chi connectivity index (χ0n) is 17.6. The second kappa shape index (κ2) is 9.11. The number of benzene rings is 3. The molecule has 0 unspecified atom stereocenters. The molecule has 1 N–H and O–H groups in total. The molecule has 4 nitrogen and oxygen atoms in total. The fourth-order valence-electron chi connectivity index (χ4n) is 3.67. The summed E-state index contributed by atoms with van der Waals surface area (Å²) in [6.45, 7) is 4.06. The number of aromatic carboxylic acids is 1. The number of aromatic nitrogens is 1. The van der Waals surface area contributed by atoms with E-state index in [0.29, 0.717) is 28.0 Å². The molecule has 0 amide bonds. The molecule has 4 rings (SSSR count). The van der Waals surface area contributed by atoms with Crippen molar-refractivity contribution >= 4 is 29.2 Å². The van der Waals surface area contributed by atoms with Gasteiger partial charge in [-0.3, -0.25) is 0 Å². The van der Waals surface area contributed by atoms with Crippen LogP contribution in [0.25, 0.3) is 16.9 Å². The zero-order chi connectivity index (χ0) is 22.8. The van der Waals surface area contributed by atoms with Gasteiger partial charge in [0.15, 0.2) is 0 Å². The molecule has 0 aliphatic carbocycles. The molecule has 32 heavy (non-hydrogen) atoms. The Labute approximate surface area is 196 Å². The van der Waals surface area contributed by atoms with Crippen molar-refractivity contribution in [3.8, 4) is 22.7 Å². The van der Waals surface area contributed by atoms with Gasteiger partial charge in [0, 0.05) is 32.6 Å². The number of hydrogen-bond donors (Lipinski definition) is 1. The van der Waals surface area contributed by atoms with E-state index < -0.39 is 5.97 Å². The molecular weight excluding hydrogens is 445 g/mol. The molecule has 4 aromatic rings. The highest BCUT2D eigenvalue weighted by Crippen LogP contribution is 2.36. The first-order valence-corrected chi connectivity index (χ1v) is 10.8. The van der Waals surface area contributed by atoms with Crippen LogP contribution in [0.1, 0.15) is 27.2 Å². The van der Waals surface area contributed by atoms with Crippen LogP contribution in [-0.2, 0) is 6.61 Å². The summed E-state index contributed by atoms with van der Waals surface area (Å²) in [5, 5.41) is 10.8. The van der Waals surface area contributed by atoms with Gasteiger partial charge in [-0.2, -0.15) is 0 Å². The van der Waals surface area contributed by atoms with Crippen molar-refractivity contribution in [1.82, 2.24) is 4.57 Å². The minimum Gasteiger partial charge on any atom is -0.488 e. The average Bonchev–Trinajstić information content (AvgIpc) is 3.15. The number of aryl methyl sites for hydroxylation is 2. The number of carboxylic acid groups (broad SMARTS) is 1. The van der Waals surface area contributed by atoms with Crippen LogP contribution in [0.4, 0.5) is 0 Å². The van der Waals surface area contributed by atoms with Crippen molar-refractivity contribution < 1.29 is 14.6 Å². The topological polar surface area (TPSA) is 51.5 Å². The maximum Gasteiger partial charge on any atom is 0.336 e. The summed E-state index contributed by atoms with van der Waals surface area (Å²) in [6, 6.07) is 22.4. The van der Waals surface area contributed by atoms with Gasteiger partial charge in [-0.25, -0.2) is 4.79 Å². The Kier molecular flexibility index (Phi) is 6.26. The summed E-state index contributed by atoms with van der Waals surface area (Å²) < 4.78 is 8.14. The fraction of sp³-hybridized carbons (Fsp3) is 0.115. The third-order valence-electron chi connectivity index (χ3n) is 5.34. The van der Waals surface area contributed by atoms with E-state index in [1.165, 1.54) is 0 Å². The maximum atomic E-state index is 11.7. The zero-order valence-corrected chi connectivity index (χ0v) is 19.1. The molecule has 162 valence electrons. The molecular formula is C26H21Cl2NO3. The van der Waals surface area contributed by atoms with Gasteiger partial charge >= 0.3 is 5.97 Å². The van der Waals surface area contributed by atoms with E-state index in [1.54, 1.807) is 19.1 Å². The molecule has 0 saturated carbocycles. The Hall–Kier alpha value is -3.21. The van der Waals surface area contributed by atoms with Crippen LogP contribution in [0.3, 0.4) is 0 Å². The van der Waals surface area contributed by atoms with Crippen LogP contribution in [0.2, 0.25) is 10.0 Å². The number of halogens is 2. The lowest BCUT2D eigenvalue weighted by atomic mass is 10.1. The smallest absolute Gasteiger partial charge is 0.336 e. The first kappa shape index (κ1) is 22.0. The highest BCUT2D eigenvalue weighted by Gasteiger charge is 2.17. The van der Waals surface area contributed by atoms with Crippen LogP contribution in [0.5, 0.6) is 5.75 Å². The van der Waals surface area contributed by atoms with Gasteiger partial charge in [0.05, 0.1) is 11.3 Å². The molecule has 1 heterocycles. The van der Waals surface area contributed by atoms with E-state index in [1.807, 2.05) is 72.2 Å². The quantitative estimate of drug-likeness (QED) is 0.323. The van der Waals surface area contributed by atoms with Gasteiger partial charge < -0.3 is 14.4 Å². The van der Waals surface area contributed by atoms with Crippen molar-refractivity contribution in [1.29, 1.82) is 0 Å². The van der Waals surface area contributed by atoms with Crippen molar-refractivity contribution in [2.24, 2.45) is 0 Å². The molecule has 3 aromatic carbocycles. The van der Waals surface area contributed by atoms with Gasteiger partial charge in [0.1, 0.15) is 12.4 Å². The monoisotopic (exact) mass is 465 g/mol. The van der Waals surface area contributed by atoms with Crippen LogP contribution < -0.4 is 4.74 Å². The second-order valence-corrected chi connectivity index (χ2v) is 8.36. The Bertz CT molecular complexity index is 1310. The Morgan fingerprint density at radius 1 is 0.969 bits per heavy atom. The third-order valence-corrected chi connectivity index (χ3v) is 5.95. The van der Waals surface area contributed by atoms with Gasteiger partial charge in [-0.1, -0.05) is 47.5 Å². The number of ether oxygens (including phenoxy) is 1. The number of carboxylic acids is 1. The first-order valence-electron chi connectivity index (χ1n) is 10.0. The Morgan fingerprint density at radius 3 is 2.50 bits per heavy atom. The molecule has 0 saturated heterocycles. The number of rotatable bonds is 6. The Morgan fingerprint density at radius 2 is 1.75 bits per heavy atom. The molecule has 0 aliphatic rings. The van der Waals surface area contributed by atoms with E-state index >= 15 is 0 Å². The van der Waals surface area contributed by atoms with Crippen molar-refractivity contribution in [3.05, 3.63) is 105 Å². The molecule has 0 aliphatic heterocycles. The molecule has 0 fully saturated rings. The number of nitrogens with zero attached hydrogens (tertiary/aromatic N) is 1. The van der Waals surface area contributed by atoms with Gasteiger partial charge in [0.25, 0.3) is 0 Å². The largest absolute Gasteiger partial charge is 0.488 e. The number of hydrogen-bond acceptors (Lipinski definition) is 2. The maximum absolute atomic E-state index is 11.7. The van der Waals surface area contributed by atoms with Crippen LogP contribution >= 0.6 is 23.2 Å². The lowest BCUT2D eigenvalue weighted by Crippen LogP contribution is -2.05. The molecule has 0 spiro atoms. The predicted molar refractivity (Wildman–Crippen MR) is 128 cm³/mol. The lowest BCUT2D eigenvalue weighted by molar-refractivity contribution is 0.0696. The lowest BCUT2D eigenvalue weighted by Gasteiger charge is -2.17. The standard InChI is InChI=1S/C26H21Cl2NO3/c1-16-7-10-20(14-21(16)26(30)31)29-17(2)8-11-24(29)22-13-19(27)9-12-25(22)32-15-18-5-3-4-6-23(18)28/h3-14H,15H2,1-2H3,(H,30,31). The van der Waals surface area contributed by atoms with E-state index in [2.05, 4.69) is 0 Å². The highest BCUT2D eigenvalue weighted by molar-refractivity contribution is 6.31. The second-order valence-electron chi connectivity index (χ2n) is 7.52. The number of carbonyl (C=O) groups is 1. The third kappa shape index (κ3) is 4.38. The van der Waals surface area contributed by atoms with Crippen LogP contribution in [0.15, 0.2) is 72.8 Å². The molecule has 1 aromatic heterocycles. The predicted octanol–water partition coefficient (Wildman–Crippen LogP) is 7.35. The summed E-state index contributed by atoms with van der Waals surface area (Å²) in [5.41, 5.74) is 5.21. The molecule has 0 atom stereocenters. The van der Waals surface area contributed by atoms with Crippen LogP contribution in [0, 0.1) is 13.8 Å². The summed E-state index contributed by atoms with van der Waals surface area (Å²) in [6.07, 6.45) is 0. The molecule has 6 heteroatoms. The average molecular weight is 466 g/mol. The Balaban J connectivity index is 1.79. The van der Waals surface area contributed by atoms with Crippen LogP contribution in [-0.4, -0.2) is 15.6 Å². The first-order chi connectivity index (χ1) is 15.3. The summed E-state index contributed by atoms with van der Waals surface area (Å²) in [5.74, 6) is -0.304. The highest BCUT2D eigenvalue weighted by atomic mass is 35.5.